The first-order valence-electron chi connectivity index (χ1n) is 9.10. The van der Waals surface area contributed by atoms with Crippen molar-refractivity contribution in [3.63, 3.8) is 0 Å². The number of aromatic nitrogens is 1. The molecule has 2 aromatic carbocycles. The summed E-state index contributed by atoms with van der Waals surface area (Å²) < 4.78 is 6.40. The summed E-state index contributed by atoms with van der Waals surface area (Å²) in [5.74, 6) is 0.785. The first-order valence-corrected chi connectivity index (χ1v) is 9.98. The molecule has 0 radical (unpaired) electrons. The summed E-state index contributed by atoms with van der Waals surface area (Å²) in [5.41, 5.74) is 10.2. The fourth-order valence-corrected chi connectivity index (χ4v) is 4.46. The largest absolute Gasteiger partial charge is 0.496 e. The molecule has 1 atom stereocenters. The van der Waals surface area contributed by atoms with Crippen LogP contribution in [0.5, 0.6) is 5.75 Å². The fourth-order valence-electron chi connectivity index (χ4n) is 3.66. The number of rotatable bonds is 5. The van der Waals surface area contributed by atoms with Gasteiger partial charge in [-0.25, -0.2) is 0 Å². The number of thiophene rings is 1. The van der Waals surface area contributed by atoms with Gasteiger partial charge in [0.1, 0.15) is 10.4 Å². The Balaban J connectivity index is 1.97. The van der Waals surface area contributed by atoms with Gasteiger partial charge >= 0.3 is 0 Å². The Kier molecular flexibility index (Phi) is 4.72. The topological polar surface area (TPSA) is 68.1 Å². The number of aromatic amines is 1. The van der Waals surface area contributed by atoms with E-state index in [-0.39, 0.29) is 11.6 Å². The van der Waals surface area contributed by atoms with Crippen LogP contribution < -0.4 is 16.0 Å². The molecule has 5 heteroatoms. The van der Waals surface area contributed by atoms with Gasteiger partial charge in [0.15, 0.2) is 0 Å². The maximum atomic E-state index is 12.3. The van der Waals surface area contributed by atoms with E-state index >= 15 is 0 Å². The van der Waals surface area contributed by atoms with Gasteiger partial charge in [0.25, 0.3) is 5.56 Å². The minimum Gasteiger partial charge on any atom is -0.496 e. The summed E-state index contributed by atoms with van der Waals surface area (Å²) in [7, 11) is 1.67. The van der Waals surface area contributed by atoms with Gasteiger partial charge in [-0.05, 0) is 41.1 Å². The van der Waals surface area contributed by atoms with Gasteiger partial charge in [-0.3, -0.25) is 4.79 Å². The first-order chi connectivity index (χ1) is 13.1. The van der Waals surface area contributed by atoms with Crippen LogP contribution in [0, 0.1) is 0 Å². The van der Waals surface area contributed by atoms with Crippen LogP contribution in [0.4, 0.5) is 0 Å². The zero-order valence-electron chi connectivity index (χ0n) is 15.4. The number of H-pyrrole nitrogens is 1. The van der Waals surface area contributed by atoms with Crippen LogP contribution in [0.15, 0.2) is 52.6 Å². The van der Waals surface area contributed by atoms with Gasteiger partial charge in [0, 0.05) is 27.9 Å². The summed E-state index contributed by atoms with van der Waals surface area (Å²) in [5, 5.41) is 3.92. The van der Waals surface area contributed by atoms with Gasteiger partial charge < -0.3 is 15.5 Å². The van der Waals surface area contributed by atoms with Crippen LogP contribution in [0.2, 0.25) is 0 Å². The third-order valence-electron chi connectivity index (χ3n) is 5.00. The highest BCUT2D eigenvalue weighted by molar-refractivity contribution is 7.17. The SMILES string of the molecule is CCCC(N)c1ccc(-c2c(OC)ccc3[nH]c(=O)c4sccc4c23)cc1. The van der Waals surface area contributed by atoms with E-state index < -0.39 is 0 Å². The molecular weight excluding hydrogens is 356 g/mol. The van der Waals surface area contributed by atoms with Crippen molar-refractivity contribution in [2.45, 2.75) is 25.8 Å². The van der Waals surface area contributed by atoms with Gasteiger partial charge in [-0.2, -0.15) is 0 Å². The maximum Gasteiger partial charge on any atom is 0.266 e. The molecule has 0 aliphatic carbocycles. The lowest BCUT2D eigenvalue weighted by Gasteiger charge is -2.15. The molecule has 0 aliphatic rings. The van der Waals surface area contributed by atoms with E-state index in [4.69, 9.17) is 10.5 Å². The number of fused-ring (bicyclic) bond motifs is 3. The Morgan fingerprint density at radius 1 is 1.15 bits per heavy atom. The number of methoxy groups -OCH3 is 1. The molecule has 0 spiro atoms. The van der Waals surface area contributed by atoms with E-state index in [9.17, 15) is 4.79 Å². The second-order valence-corrected chi connectivity index (χ2v) is 7.62. The van der Waals surface area contributed by atoms with Crippen LogP contribution in [0.25, 0.3) is 32.1 Å². The highest BCUT2D eigenvalue weighted by atomic mass is 32.1. The normalized spacial score (nSPS) is 12.6. The fraction of sp³-hybridized carbons (Fsp3) is 0.227. The van der Waals surface area contributed by atoms with E-state index in [1.807, 2.05) is 23.6 Å². The average molecular weight is 378 g/mol. The molecule has 3 N–H and O–H groups in total. The van der Waals surface area contributed by atoms with Crippen molar-refractivity contribution in [3.8, 4) is 16.9 Å². The first kappa shape index (κ1) is 17.8. The molecule has 0 saturated carbocycles. The van der Waals surface area contributed by atoms with Crippen LogP contribution in [0.3, 0.4) is 0 Å². The highest BCUT2D eigenvalue weighted by Gasteiger charge is 2.16. The van der Waals surface area contributed by atoms with E-state index in [0.717, 1.165) is 56.3 Å². The molecule has 0 bridgehead atoms. The average Bonchev–Trinajstić information content (AvgIpc) is 3.18. The Labute approximate surface area is 161 Å². The lowest BCUT2D eigenvalue weighted by atomic mass is 9.95. The van der Waals surface area contributed by atoms with Crippen molar-refractivity contribution in [2.75, 3.05) is 7.11 Å². The molecule has 2 heterocycles. The van der Waals surface area contributed by atoms with Crippen molar-refractivity contribution >= 4 is 32.3 Å². The molecule has 4 rings (SSSR count). The van der Waals surface area contributed by atoms with Gasteiger partial charge in [0.05, 0.1) is 7.11 Å². The third-order valence-corrected chi connectivity index (χ3v) is 5.92. The molecule has 2 aromatic heterocycles. The monoisotopic (exact) mass is 378 g/mol. The molecule has 0 aliphatic heterocycles. The van der Waals surface area contributed by atoms with Crippen LogP contribution >= 0.6 is 11.3 Å². The molecule has 0 saturated heterocycles. The Morgan fingerprint density at radius 3 is 2.63 bits per heavy atom. The number of hydrogen-bond acceptors (Lipinski definition) is 4. The Hall–Kier alpha value is -2.63. The molecule has 27 heavy (non-hydrogen) atoms. The minimum atomic E-state index is -0.0514. The zero-order chi connectivity index (χ0) is 19.0. The van der Waals surface area contributed by atoms with E-state index in [1.165, 1.54) is 11.3 Å². The number of ether oxygens (including phenoxy) is 1. The van der Waals surface area contributed by atoms with E-state index in [2.05, 4.69) is 36.2 Å². The van der Waals surface area contributed by atoms with Gasteiger partial charge in [0.2, 0.25) is 0 Å². The second kappa shape index (κ2) is 7.18. The number of hydrogen-bond donors (Lipinski definition) is 2. The second-order valence-electron chi connectivity index (χ2n) is 6.70. The number of benzene rings is 2. The van der Waals surface area contributed by atoms with E-state index in [0.29, 0.717) is 0 Å². The van der Waals surface area contributed by atoms with Gasteiger partial charge in [-0.15, -0.1) is 11.3 Å². The highest BCUT2D eigenvalue weighted by Crippen LogP contribution is 2.40. The van der Waals surface area contributed by atoms with Crippen molar-refractivity contribution < 1.29 is 4.74 Å². The molecule has 0 amide bonds. The Morgan fingerprint density at radius 2 is 1.93 bits per heavy atom. The number of nitrogens with one attached hydrogen (secondary N) is 1. The van der Waals surface area contributed by atoms with Crippen molar-refractivity contribution in [2.24, 2.45) is 5.73 Å². The molecule has 0 fully saturated rings. The maximum absolute atomic E-state index is 12.3. The van der Waals surface area contributed by atoms with E-state index in [1.54, 1.807) is 7.11 Å². The lowest BCUT2D eigenvalue weighted by Crippen LogP contribution is -2.09. The van der Waals surface area contributed by atoms with Crippen LogP contribution in [0.1, 0.15) is 31.4 Å². The molecular formula is C22H22N2O2S. The summed E-state index contributed by atoms with van der Waals surface area (Å²) in [6.07, 6.45) is 2.03. The molecule has 4 aromatic rings. The van der Waals surface area contributed by atoms with Crippen molar-refractivity contribution in [3.05, 3.63) is 63.8 Å². The van der Waals surface area contributed by atoms with Crippen LogP contribution in [-0.4, -0.2) is 12.1 Å². The summed E-state index contributed by atoms with van der Waals surface area (Å²) >= 11 is 1.46. The zero-order valence-corrected chi connectivity index (χ0v) is 16.2. The molecule has 4 nitrogen and oxygen atoms in total. The quantitative estimate of drug-likeness (QED) is 0.500. The van der Waals surface area contributed by atoms with Crippen LogP contribution in [-0.2, 0) is 0 Å². The minimum absolute atomic E-state index is 0.0514. The predicted molar refractivity (Wildman–Crippen MR) is 114 cm³/mol. The summed E-state index contributed by atoms with van der Waals surface area (Å²) in [6.45, 7) is 2.14. The molecule has 1 unspecified atom stereocenters. The van der Waals surface area contributed by atoms with Crippen molar-refractivity contribution in [1.29, 1.82) is 0 Å². The lowest BCUT2D eigenvalue weighted by molar-refractivity contribution is 0.417. The number of nitrogens with two attached hydrogens (primary N) is 1. The third kappa shape index (κ3) is 3.03. The molecule has 138 valence electrons. The smallest absolute Gasteiger partial charge is 0.266 e. The summed E-state index contributed by atoms with van der Waals surface area (Å²) in [4.78, 5) is 15.4. The Bertz CT molecular complexity index is 1160. The van der Waals surface area contributed by atoms with Crippen molar-refractivity contribution in [1.82, 2.24) is 4.98 Å². The standard InChI is InChI=1S/C22H22N2O2S/c1-3-4-16(23)13-5-7-14(8-6-13)19-18(26-2)10-9-17-20(19)15-11-12-27-21(15)22(25)24-17/h5-12,16H,3-4,23H2,1-2H3,(H,24,25). The number of pyridine rings is 1. The summed E-state index contributed by atoms with van der Waals surface area (Å²) in [6, 6.07) is 14.2. The van der Waals surface area contributed by atoms with Gasteiger partial charge in [-0.1, -0.05) is 37.6 Å². The predicted octanol–water partition coefficient (Wildman–Crippen LogP) is 5.22.